The second kappa shape index (κ2) is 6.73. The standard InChI is InChI=1S/C14H15FN2O3S/c1-8-11(13(18)19)12(9-5-3-4-6-10(9)15)17-14(16-8)21-7-20-2/h3-6,12H,7H2,1-2H3,(H,16,17)(H,18,19). The van der Waals surface area contributed by atoms with Gasteiger partial charge < -0.3 is 15.2 Å². The molecule has 2 rings (SSSR count). The average molecular weight is 310 g/mol. The van der Waals surface area contributed by atoms with E-state index in [1.165, 1.54) is 17.8 Å². The minimum absolute atomic E-state index is 0.0434. The molecule has 1 aliphatic rings. The second-order valence-electron chi connectivity index (χ2n) is 4.38. The van der Waals surface area contributed by atoms with E-state index in [9.17, 15) is 14.3 Å². The zero-order valence-corrected chi connectivity index (χ0v) is 12.4. The average Bonchev–Trinajstić information content (AvgIpc) is 2.44. The fourth-order valence-electron chi connectivity index (χ4n) is 2.03. The van der Waals surface area contributed by atoms with Crippen molar-refractivity contribution < 1.29 is 19.0 Å². The molecular formula is C14H15FN2O3S. The van der Waals surface area contributed by atoms with Crippen molar-refractivity contribution >= 4 is 22.9 Å². The van der Waals surface area contributed by atoms with Crippen LogP contribution < -0.4 is 5.32 Å². The van der Waals surface area contributed by atoms with Crippen LogP contribution >= 0.6 is 11.8 Å². The molecule has 7 heteroatoms. The highest BCUT2D eigenvalue weighted by atomic mass is 32.2. The van der Waals surface area contributed by atoms with Crippen molar-refractivity contribution in [3.8, 4) is 0 Å². The molecule has 0 radical (unpaired) electrons. The summed E-state index contributed by atoms with van der Waals surface area (Å²) in [6, 6.07) is 5.19. The van der Waals surface area contributed by atoms with E-state index in [0.717, 1.165) is 0 Å². The zero-order valence-electron chi connectivity index (χ0n) is 11.6. The largest absolute Gasteiger partial charge is 0.478 e. The van der Waals surface area contributed by atoms with Gasteiger partial charge in [0, 0.05) is 18.4 Å². The minimum atomic E-state index is -1.12. The van der Waals surface area contributed by atoms with Crippen LogP contribution in [0.1, 0.15) is 18.5 Å². The van der Waals surface area contributed by atoms with Crippen LogP contribution in [0.5, 0.6) is 0 Å². The van der Waals surface area contributed by atoms with Crippen molar-refractivity contribution in [1.82, 2.24) is 5.32 Å². The maximum absolute atomic E-state index is 14.0. The van der Waals surface area contributed by atoms with E-state index in [1.807, 2.05) is 0 Å². The lowest BCUT2D eigenvalue weighted by molar-refractivity contribution is -0.133. The van der Waals surface area contributed by atoms with Gasteiger partial charge in [-0.25, -0.2) is 14.2 Å². The quantitative estimate of drug-likeness (QED) is 0.836. The number of allylic oxidation sites excluding steroid dienone is 1. The van der Waals surface area contributed by atoms with Crippen molar-refractivity contribution in [3.63, 3.8) is 0 Å². The van der Waals surface area contributed by atoms with Crippen LogP contribution in [-0.4, -0.2) is 29.3 Å². The number of carbonyl (C=O) groups is 1. The number of hydrogen-bond acceptors (Lipinski definition) is 5. The third-order valence-corrected chi connectivity index (χ3v) is 3.80. The molecule has 0 fully saturated rings. The lowest BCUT2D eigenvalue weighted by Gasteiger charge is -2.24. The highest BCUT2D eigenvalue weighted by Gasteiger charge is 2.30. The molecule has 0 saturated heterocycles. The van der Waals surface area contributed by atoms with E-state index in [-0.39, 0.29) is 11.1 Å². The first-order valence-corrected chi connectivity index (χ1v) is 7.18. The summed E-state index contributed by atoms with van der Waals surface area (Å²) < 4.78 is 18.9. The van der Waals surface area contributed by atoms with Gasteiger partial charge >= 0.3 is 5.97 Å². The molecule has 0 spiro atoms. The summed E-state index contributed by atoms with van der Waals surface area (Å²) in [7, 11) is 1.55. The van der Waals surface area contributed by atoms with E-state index in [0.29, 0.717) is 16.8 Å². The van der Waals surface area contributed by atoms with E-state index >= 15 is 0 Å². The van der Waals surface area contributed by atoms with Crippen LogP contribution in [0.2, 0.25) is 0 Å². The predicted octanol–water partition coefficient (Wildman–Crippen LogP) is 2.52. The van der Waals surface area contributed by atoms with Crippen LogP contribution in [-0.2, 0) is 9.53 Å². The normalized spacial score (nSPS) is 18.2. The summed E-state index contributed by atoms with van der Waals surface area (Å²) in [5, 5.41) is 12.8. The van der Waals surface area contributed by atoms with Gasteiger partial charge in [0.25, 0.3) is 0 Å². The summed E-state index contributed by atoms with van der Waals surface area (Å²) in [6.45, 7) is 1.64. The molecule has 1 aromatic rings. The van der Waals surface area contributed by atoms with Gasteiger partial charge in [0.2, 0.25) is 0 Å². The van der Waals surface area contributed by atoms with E-state index in [4.69, 9.17) is 4.74 Å². The summed E-state index contributed by atoms with van der Waals surface area (Å²) in [5.41, 5.74) is 0.734. The molecular weight excluding hydrogens is 295 g/mol. The Kier molecular flexibility index (Phi) is 4.98. The number of nitrogens with zero attached hydrogens (tertiary/aromatic N) is 1. The number of amidine groups is 1. The fraction of sp³-hybridized carbons (Fsp3) is 0.286. The monoisotopic (exact) mass is 310 g/mol. The number of benzene rings is 1. The number of aliphatic imine (C=N–C) groups is 1. The summed E-state index contributed by atoms with van der Waals surface area (Å²) in [5.74, 6) is -1.23. The van der Waals surface area contributed by atoms with Crippen molar-refractivity contribution in [3.05, 3.63) is 46.9 Å². The van der Waals surface area contributed by atoms with Gasteiger partial charge in [-0.3, -0.25) is 0 Å². The Hall–Kier alpha value is -1.86. The minimum Gasteiger partial charge on any atom is -0.478 e. The number of carboxylic acids is 1. The summed E-state index contributed by atoms with van der Waals surface area (Å²) in [4.78, 5) is 15.8. The molecule has 1 atom stereocenters. The summed E-state index contributed by atoms with van der Waals surface area (Å²) in [6.07, 6.45) is 0. The van der Waals surface area contributed by atoms with Crippen LogP contribution in [0.4, 0.5) is 4.39 Å². The Morgan fingerprint density at radius 2 is 2.24 bits per heavy atom. The smallest absolute Gasteiger partial charge is 0.335 e. The van der Waals surface area contributed by atoms with Gasteiger partial charge in [0.05, 0.1) is 11.5 Å². The van der Waals surface area contributed by atoms with Crippen LogP contribution in [0.25, 0.3) is 0 Å². The van der Waals surface area contributed by atoms with Crippen LogP contribution in [0.3, 0.4) is 0 Å². The van der Waals surface area contributed by atoms with Gasteiger partial charge in [-0.1, -0.05) is 30.0 Å². The molecule has 0 bridgehead atoms. The van der Waals surface area contributed by atoms with E-state index < -0.39 is 17.8 Å². The van der Waals surface area contributed by atoms with Gasteiger partial charge in [-0.15, -0.1) is 0 Å². The number of carboxylic acid groups (broad SMARTS) is 1. The Morgan fingerprint density at radius 1 is 1.52 bits per heavy atom. The molecule has 2 N–H and O–H groups in total. The number of methoxy groups -OCH3 is 1. The Morgan fingerprint density at radius 3 is 2.86 bits per heavy atom. The molecule has 1 aliphatic heterocycles. The van der Waals surface area contributed by atoms with Crippen molar-refractivity contribution in [1.29, 1.82) is 0 Å². The molecule has 112 valence electrons. The number of hydrogen-bond donors (Lipinski definition) is 2. The lowest BCUT2D eigenvalue weighted by atomic mass is 9.96. The highest BCUT2D eigenvalue weighted by molar-refractivity contribution is 8.13. The number of aliphatic carboxylic acids is 1. The number of thioether (sulfide) groups is 1. The fourth-order valence-corrected chi connectivity index (χ4v) is 2.67. The van der Waals surface area contributed by atoms with Gasteiger partial charge in [-0.2, -0.15) is 0 Å². The third-order valence-electron chi connectivity index (χ3n) is 2.96. The van der Waals surface area contributed by atoms with Gasteiger partial charge in [0.15, 0.2) is 5.17 Å². The SMILES string of the molecule is COCSC1=NC(c2ccccc2F)C(C(=O)O)=C(C)N1. The summed E-state index contributed by atoms with van der Waals surface area (Å²) >= 11 is 1.29. The Balaban J connectivity index is 2.44. The number of rotatable bonds is 4. The first-order valence-electron chi connectivity index (χ1n) is 6.19. The Bertz CT molecular complexity index is 616. The molecule has 1 heterocycles. The van der Waals surface area contributed by atoms with Crippen molar-refractivity contribution in [2.24, 2.45) is 4.99 Å². The highest BCUT2D eigenvalue weighted by Crippen LogP contribution is 2.33. The topological polar surface area (TPSA) is 70.9 Å². The van der Waals surface area contributed by atoms with E-state index in [2.05, 4.69) is 10.3 Å². The molecule has 1 unspecified atom stereocenters. The first kappa shape index (κ1) is 15.5. The third kappa shape index (κ3) is 3.43. The predicted molar refractivity (Wildman–Crippen MR) is 79.5 cm³/mol. The molecule has 0 amide bonds. The Labute approximate surface area is 125 Å². The lowest BCUT2D eigenvalue weighted by Crippen LogP contribution is -2.30. The molecule has 1 aromatic carbocycles. The molecule has 0 aromatic heterocycles. The maximum atomic E-state index is 14.0. The van der Waals surface area contributed by atoms with Crippen molar-refractivity contribution in [2.45, 2.75) is 13.0 Å². The van der Waals surface area contributed by atoms with Gasteiger partial charge in [0.1, 0.15) is 11.9 Å². The van der Waals surface area contributed by atoms with Crippen LogP contribution in [0, 0.1) is 5.82 Å². The second-order valence-corrected chi connectivity index (χ2v) is 5.29. The number of nitrogens with one attached hydrogen (secondary N) is 1. The molecule has 21 heavy (non-hydrogen) atoms. The van der Waals surface area contributed by atoms with Crippen molar-refractivity contribution in [2.75, 3.05) is 13.0 Å². The molecule has 5 nitrogen and oxygen atoms in total. The molecule has 0 saturated carbocycles. The number of ether oxygens (including phenoxy) is 1. The zero-order chi connectivity index (χ0) is 15.4. The maximum Gasteiger partial charge on any atom is 0.335 e. The van der Waals surface area contributed by atoms with Gasteiger partial charge in [-0.05, 0) is 13.0 Å². The number of halogens is 1. The van der Waals surface area contributed by atoms with E-state index in [1.54, 1.807) is 32.2 Å². The molecule has 0 aliphatic carbocycles. The first-order chi connectivity index (χ1) is 10.0. The van der Waals surface area contributed by atoms with Crippen LogP contribution in [0.15, 0.2) is 40.5 Å².